The number of hydrogen-bond donors (Lipinski definition) is 6. The van der Waals surface area contributed by atoms with Crippen LogP contribution in [0.15, 0.2) is 128 Å². The SMILES string of the molecule is COc1nc(Nc2cc(-c3ccc(OC4CCN(C(=O)[C@H](C)O)CC4(F)F)c(C#N)c3)ncn2)ccc1N1CCN(C2COC2)C[C@@H]1C.COc1nc(Nc2cc(-c3ccc(O[C@@H]4CCN(C(=O)[C@H](C)O)CC4(F)F)c(C#N)c3)ncn2)ccc1N1CCN(C2COC2)C[C@@H]1C.COc1nc(Nc2cc(-c3ccc(O[C@H]4CCN(C(=O)[C@H](C)O)CC4(F)F)c(C#N)c3)ncn2)ccc1N1CCN(C2COC2)C[C@@H]1C. The highest BCUT2D eigenvalue weighted by Gasteiger charge is 2.52. The van der Waals surface area contributed by atoms with Gasteiger partial charge in [0, 0.05) is 151 Å². The summed E-state index contributed by atoms with van der Waals surface area (Å²) in [5.74, 6) is -8.08. The van der Waals surface area contributed by atoms with Crippen molar-refractivity contribution in [1.29, 1.82) is 15.8 Å². The third-order valence-electron chi connectivity index (χ3n) is 26.8. The number of nitrogens with zero attached hydrogens (tertiary/aromatic N) is 21. The number of carbonyl (C=O) groups is 3. The fourth-order valence-electron chi connectivity index (χ4n) is 18.7. The van der Waals surface area contributed by atoms with Crippen molar-refractivity contribution in [2.75, 3.05) is 190 Å². The predicted molar refractivity (Wildman–Crippen MR) is 514 cm³/mol. The summed E-state index contributed by atoms with van der Waals surface area (Å²) in [5, 5.41) is 67.6. The van der Waals surface area contributed by atoms with E-state index in [-0.39, 0.29) is 91.0 Å². The van der Waals surface area contributed by atoms with Gasteiger partial charge in [-0.1, -0.05) is 0 Å². The third kappa shape index (κ3) is 23.7. The summed E-state index contributed by atoms with van der Waals surface area (Å²) in [6.45, 7) is 20.5. The van der Waals surface area contributed by atoms with Gasteiger partial charge in [0.05, 0.1) is 133 Å². The second-order valence-electron chi connectivity index (χ2n) is 36.8. The molecule has 6 N–H and O–H groups in total. The maximum atomic E-state index is 14.9. The number of hydrogen-bond acceptors (Lipinski definition) is 36. The number of alkyl halides is 6. The second kappa shape index (κ2) is 44.9. The van der Waals surface area contributed by atoms with Gasteiger partial charge in [0.2, 0.25) is 17.6 Å². The first-order valence-corrected chi connectivity index (χ1v) is 47.5. The van der Waals surface area contributed by atoms with Crippen molar-refractivity contribution in [3.63, 3.8) is 0 Å². The van der Waals surface area contributed by atoms with Crippen LogP contribution in [-0.4, -0.2) is 357 Å². The number of methoxy groups -OCH3 is 3. The van der Waals surface area contributed by atoms with E-state index in [0.717, 1.165) is 130 Å². The molecule has 9 saturated heterocycles. The van der Waals surface area contributed by atoms with Crippen LogP contribution in [0.2, 0.25) is 0 Å². The van der Waals surface area contributed by atoms with Gasteiger partial charge in [-0.15, -0.1) is 0 Å². The van der Waals surface area contributed by atoms with Crippen molar-refractivity contribution >= 4 is 69.7 Å². The molecular formula is C99H114F6N24O15. The summed E-state index contributed by atoms with van der Waals surface area (Å²) < 4.78 is 140. The smallest absolute Gasteiger partial charge is 0.301 e. The molecule has 0 bridgehead atoms. The lowest BCUT2D eigenvalue weighted by atomic mass is 10.0. The van der Waals surface area contributed by atoms with Gasteiger partial charge in [0.25, 0.3) is 17.7 Å². The van der Waals surface area contributed by atoms with Crippen LogP contribution in [0, 0.1) is 34.0 Å². The molecule has 3 aromatic carbocycles. The minimum Gasteiger partial charge on any atom is -0.483 e. The molecule has 3 amide bonds. The molecule has 18 rings (SSSR count). The zero-order valence-electron chi connectivity index (χ0n) is 80.9. The number of aliphatic hydroxyl groups is 3. The molecule has 144 heavy (non-hydrogen) atoms. The van der Waals surface area contributed by atoms with Gasteiger partial charge in [-0.25, -0.2) is 56.2 Å². The number of aliphatic hydroxyl groups excluding tert-OH is 3. The summed E-state index contributed by atoms with van der Waals surface area (Å²) in [4.78, 5) is 93.2. The van der Waals surface area contributed by atoms with Crippen molar-refractivity contribution in [3.8, 4) is 86.9 Å². The Labute approximate surface area is 827 Å². The Morgan fingerprint density at radius 3 is 0.882 bits per heavy atom. The summed E-state index contributed by atoms with van der Waals surface area (Å²) in [5.41, 5.74) is 5.99. The van der Waals surface area contributed by atoms with Crippen molar-refractivity contribution in [1.82, 2.24) is 74.3 Å². The van der Waals surface area contributed by atoms with Crippen molar-refractivity contribution in [2.24, 2.45) is 0 Å². The molecule has 0 spiro atoms. The van der Waals surface area contributed by atoms with Gasteiger partial charge in [-0.05, 0) is 133 Å². The first-order chi connectivity index (χ1) is 69.2. The van der Waals surface area contributed by atoms with Gasteiger partial charge in [0.15, 0.2) is 18.3 Å². The summed E-state index contributed by atoms with van der Waals surface area (Å²) in [6, 6.07) is 38.7. The topological polar surface area (TPSA) is 448 Å². The lowest BCUT2D eigenvalue weighted by molar-refractivity contribution is -0.165. The minimum atomic E-state index is -3.38. The fraction of sp³-hybridized carbons (Fsp3) is 0.485. The minimum absolute atomic E-state index is 0.00203. The molecule has 9 fully saturated rings. The number of pyridine rings is 3. The lowest BCUT2D eigenvalue weighted by Crippen LogP contribution is -2.59. The van der Waals surface area contributed by atoms with Gasteiger partial charge >= 0.3 is 17.8 Å². The monoisotopic (exact) mass is 1990 g/mol. The molecule has 9 aliphatic heterocycles. The molecule has 45 heteroatoms. The highest BCUT2D eigenvalue weighted by molar-refractivity contribution is 5.82. The molecule has 39 nitrogen and oxygen atoms in total. The molecule has 9 aromatic rings. The van der Waals surface area contributed by atoms with E-state index in [4.69, 9.17) is 42.6 Å². The third-order valence-corrected chi connectivity index (χ3v) is 26.8. The molecule has 6 aromatic heterocycles. The highest BCUT2D eigenvalue weighted by Crippen LogP contribution is 2.43. The van der Waals surface area contributed by atoms with E-state index in [1.54, 1.807) is 57.7 Å². The van der Waals surface area contributed by atoms with Crippen LogP contribution in [-0.2, 0) is 28.6 Å². The number of nitrogens with one attached hydrogen (secondary N) is 3. The van der Waals surface area contributed by atoms with E-state index >= 15 is 0 Å². The number of amides is 3. The van der Waals surface area contributed by atoms with Crippen LogP contribution in [0.5, 0.6) is 34.9 Å². The number of benzene rings is 3. The number of piperazine rings is 3. The summed E-state index contributed by atoms with van der Waals surface area (Å²) in [6.07, 6.45) is -5.13. The van der Waals surface area contributed by atoms with E-state index in [1.165, 1.54) is 76.2 Å². The van der Waals surface area contributed by atoms with Crippen LogP contribution < -0.4 is 59.1 Å². The van der Waals surface area contributed by atoms with E-state index < -0.39 is 91.7 Å². The molecule has 0 saturated carbocycles. The molecule has 9 aliphatic rings. The van der Waals surface area contributed by atoms with E-state index in [0.29, 0.717) is 104 Å². The fourth-order valence-corrected chi connectivity index (χ4v) is 18.7. The number of aromatic nitrogens is 9. The van der Waals surface area contributed by atoms with Crippen molar-refractivity contribution in [2.45, 2.75) is 151 Å². The average molecular weight is 1990 g/mol. The molecular weight excluding hydrogens is 1880 g/mol. The number of piperidine rings is 3. The second-order valence-corrected chi connectivity index (χ2v) is 36.8. The number of carbonyl (C=O) groups excluding carboxylic acids is 3. The first-order valence-electron chi connectivity index (χ1n) is 47.5. The zero-order chi connectivity index (χ0) is 102. The normalized spacial score (nSPS) is 21.9. The lowest BCUT2D eigenvalue weighted by Gasteiger charge is -2.46. The number of ether oxygens (including phenoxy) is 9. The Bertz CT molecular complexity index is 5630. The molecule has 1 unspecified atom stereocenters. The van der Waals surface area contributed by atoms with Crippen LogP contribution >= 0.6 is 0 Å². The zero-order valence-corrected chi connectivity index (χ0v) is 80.9. The van der Waals surface area contributed by atoms with Crippen LogP contribution in [0.4, 0.5) is 78.3 Å². The molecule has 762 valence electrons. The van der Waals surface area contributed by atoms with Crippen LogP contribution in [0.3, 0.4) is 0 Å². The predicted octanol–water partition coefficient (Wildman–Crippen LogP) is 9.20. The highest BCUT2D eigenvalue weighted by atomic mass is 19.3. The van der Waals surface area contributed by atoms with E-state index in [1.807, 2.05) is 54.6 Å². The Balaban J connectivity index is 0.000000155. The van der Waals surface area contributed by atoms with Crippen molar-refractivity contribution < 1.29 is 98.7 Å². The van der Waals surface area contributed by atoms with Crippen molar-refractivity contribution in [3.05, 3.63) is 145 Å². The van der Waals surface area contributed by atoms with Crippen LogP contribution in [0.25, 0.3) is 33.8 Å². The Morgan fingerprint density at radius 2 is 0.660 bits per heavy atom. The Hall–Kier alpha value is -14.0. The molecule has 0 aliphatic carbocycles. The Kier molecular flexibility index (Phi) is 32.1. The summed E-state index contributed by atoms with van der Waals surface area (Å²) in [7, 11) is 4.77. The van der Waals surface area contributed by atoms with E-state index in [2.05, 4.69) is 111 Å². The average Bonchev–Trinajstić information content (AvgIpc) is 0.811. The number of halogens is 6. The number of rotatable bonds is 27. The molecule has 0 radical (unpaired) electrons. The van der Waals surface area contributed by atoms with E-state index in [9.17, 15) is 71.8 Å². The summed E-state index contributed by atoms with van der Waals surface area (Å²) >= 11 is 0. The molecule has 9 atom stereocenters. The largest absolute Gasteiger partial charge is 0.483 e. The first kappa shape index (κ1) is 103. The van der Waals surface area contributed by atoms with Crippen LogP contribution in [0.1, 0.15) is 77.5 Å². The maximum absolute atomic E-state index is 14.9. The maximum Gasteiger partial charge on any atom is 0.301 e. The van der Waals surface area contributed by atoms with Gasteiger partial charge in [-0.2, -0.15) is 30.7 Å². The number of nitriles is 3. The quantitative estimate of drug-likeness (QED) is 0.0261. The van der Waals surface area contributed by atoms with Gasteiger partial charge < -0.3 is 103 Å². The Morgan fingerprint density at radius 1 is 0.389 bits per heavy atom. The number of anilines is 9. The number of likely N-dealkylation sites (tertiary alicyclic amines) is 3. The van der Waals surface area contributed by atoms with Gasteiger partial charge in [-0.3, -0.25) is 29.1 Å². The van der Waals surface area contributed by atoms with Gasteiger partial charge in [0.1, 0.15) is 125 Å². The molecule has 15 heterocycles. The standard InChI is InChI=1S/3C33H38F2N8O5/c3*1-20-15-41(24-16-47-17-24)10-11-43(20)26-5-7-29(40-31(26)46-3)39-30-13-25(37-19-38-30)22-4-6-27(23(12-22)14-36)48-28-8-9-42(18-33(28,34)35)32(45)21(2)44/h3*4-7,12-13,19-21,24,28,44H,8-11,15-18H2,1-3H3,(H,37,38,39,40)/t20-,21-,28?;20-,21-,28+;20-,21-,28-/m000/s1.